The predicted octanol–water partition coefficient (Wildman–Crippen LogP) is 1.72. The fourth-order valence-electron chi connectivity index (χ4n) is 1.80. The van der Waals surface area contributed by atoms with E-state index in [9.17, 15) is 4.79 Å². The Hall–Kier alpha value is -1.60. The van der Waals surface area contributed by atoms with E-state index in [0.29, 0.717) is 5.16 Å². The zero-order valence-electron chi connectivity index (χ0n) is 11.9. The van der Waals surface area contributed by atoms with Crippen LogP contribution in [0.25, 0.3) is 0 Å². The van der Waals surface area contributed by atoms with Gasteiger partial charge in [0.15, 0.2) is 5.16 Å². The fourth-order valence-corrected chi connectivity index (χ4v) is 2.76. The van der Waals surface area contributed by atoms with Crippen molar-refractivity contribution in [1.29, 1.82) is 0 Å². The molecule has 2 rings (SSSR count). The summed E-state index contributed by atoms with van der Waals surface area (Å²) < 4.78 is 1.48. The number of aromatic amines is 1. The van der Waals surface area contributed by atoms with Crippen LogP contribution in [0.5, 0.6) is 0 Å². The summed E-state index contributed by atoms with van der Waals surface area (Å²) in [4.78, 5) is 15.8. The maximum absolute atomic E-state index is 11.4. The summed E-state index contributed by atoms with van der Waals surface area (Å²) in [6.07, 6.45) is 2.84. The number of hydrogen-bond donors (Lipinski definition) is 2. The molecule has 0 amide bonds. The Bertz CT molecular complexity index is 621. The first-order valence-electron chi connectivity index (χ1n) is 6.61. The molecule has 108 valence electrons. The van der Waals surface area contributed by atoms with Gasteiger partial charge < -0.3 is 5.32 Å². The Balaban J connectivity index is 2.23. The van der Waals surface area contributed by atoms with Gasteiger partial charge in [-0.05, 0) is 37.7 Å². The molecule has 6 nitrogen and oxygen atoms in total. The van der Waals surface area contributed by atoms with Crippen LogP contribution in [0.15, 0.2) is 33.3 Å². The molecule has 0 aromatic carbocycles. The smallest absolute Gasteiger partial charge is 0.310 e. The Morgan fingerprint density at radius 3 is 3.00 bits per heavy atom. The van der Waals surface area contributed by atoms with Gasteiger partial charge in [-0.1, -0.05) is 13.0 Å². The molecule has 0 saturated heterocycles. The van der Waals surface area contributed by atoms with Crippen molar-refractivity contribution in [3.8, 4) is 0 Å². The maximum Gasteiger partial charge on any atom is 0.343 e. The monoisotopic (exact) mass is 293 g/mol. The van der Waals surface area contributed by atoms with Crippen molar-refractivity contribution < 1.29 is 0 Å². The molecule has 0 aliphatic heterocycles. The highest BCUT2D eigenvalue weighted by atomic mass is 32.2. The lowest BCUT2D eigenvalue weighted by atomic mass is 10.1. The van der Waals surface area contributed by atoms with Crippen molar-refractivity contribution in [2.45, 2.75) is 36.5 Å². The summed E-state index contributed by atoms with van der Waals surface area (Å²) in [7, 11) is 1.69. The van der Waals surface area contributed by atoms with Gasteiger partial charge in [-0.15, -0.1) is 5.10 Å². The Labute approximate surface area is 122 Å². The first-order chi connectivity index (χ1) is 9.63. The molecule has 1 atom stereocenters. The van der Waals surface area contributed by atoms with Crippen LogP contribution in [0.1, 0.15) is 31.9 Å². The third-order valence-corrected chi connectivity index (χ3v) is 4.08. The largest absolute Gasteiger partial charge is 0.343 e. The van der Waals surface area contributed by atoms with E-state index >= 15 is 0 Å². The van der Waals surface area contributed by atoms with Crippen LogP contribution in [0, 0.1) is 0 Å². The highest BCUT2D eigenvalue weighted by Crippen LogP contribution is 2.29. The molecule has 0 aliphatic rings. The van der Waals surface area contributed by atoms with E-state index in [-0.39, 0.29) is 11.7 Å². The van der Waals surface area contributed by atoms with E-state index in [1.54, 1.807) is 13.2 Å². The average molecular weight is 293 g/mol. The molecule has 2 heterocycles. The van der Waals surface area contributed by atoms with Crippen molar-refractivity contribution in [2.24, 2.45) is 7.05 Å². The number of hydrogen-bond acceptors (Lipinski definition) is 5. The minimum absolute atomic E-state index is 0.210. The Morgan fingerprint density at radius 1 is 1.55 bits per heavy atom. The molecular weight excluding hydrogens is 274 g/mol. The van der Waals surface area contributed by atoms with Crippen LogP contribution < -0.4 is 11.0 Å². The summed E-state index contributed by atoms with van der Waals surface area (Å²) in [5, 5.41) is 11.4. The van der Waals surface area contributed by atoms with Crippen LogP contribution in [-0.2, 0) is 7.05 Å². The second-order valence-corrected chi connectivity index (χ2v) is 5.50. The number of H-pyrrole nitrogens is 1. The highest BCUT2D eigenvalue weighted by molar-refractivity contribution is 7.99. The minimum Gasteiger partial charge on any atom is -0.310 e. The van der Waals surface area contributed by atoms with Crippen molar-refractivity contribution in [1.82, 2.24) is 25.1 Å². The topological polar surface area (TPSA) is 75.6 Å². The molecule has 7 heteroatoms. The zero-order chi connectivity index (χ0) is 14.5. The van der Waals surface area contributed by atoms with E-state index in [1.807, 2.05) is 12.1 Å². The standard InChI is InChI=1S/C13H19N5OS/c1-4-7-14-9(2)10-6-5-8-15-11(10)20-13-17-16-12(19)18(13)3/h5-6,8-9,14H,4,7H2,1-3H3,(H,16,19). The molecule has 20 heavy (non-hydrogen) atoms. The lowest BCUT2D eigenvalue weighted by Crippen LogP contribution is -2.20. The first-order valence-corrected chi connectivity index (χ1v) is 7.42. The van der Waals surface area contributed by atoms with Crippen LogP contribution in [0.2, 0.25) is 0 Å². The molecule has 2 aromatic rings. The van der Waals surface area contributed by atoms with Crippen LogP contribution >= 0.6 is 11.8 Å². The summed E-state index contributed by atoms with van der Waals surface area (Å²) in [6, 6.07) is 4.18. The second kappa shape index (κ2) is 6.71. The Morgan fingerprint density at radius 2 is 2.35 bits per heavy atom. The van der Waals surface area contributed by atoms with Gasteiger partial charge in [-0.3, -0.25) is 4.57 Å². The first kappa shape index (κ1) is 14.8. The molecule has 0 fully saturated rings. The number of pyridine rings is 1. The van der Waals surface area contributed by atoms with Crippen molar-refractivity contribution in [2.75, 3.05) is 6.54 Å². The Kier molecular flexibility index (Phi) is 4.97. The molecule has 0 radical (unpaired) electrons. The van der Waals surface area contributed by atoms with Gasteiger partial charge >= 0.3 is 5.69 Å². The summed E-state index contributed by atoms with van der Waals surface area (Å²) in [6.45, 7) is 5.21. The van der Waals surface area contributed by atoms with E-state index in [0.717, 1.165) is 23.6 Å². The minimum atomic E-state index is -0.220. The van der Waals surface area contributed by atoms with Gasteiger partial charge in [0.2, 0.25) is 0 Å². The van der Waals surface area contributed by atoms with Crippen LogP contribution in [0.3, 0.4) is 0 Å². The summed E-state index contributed by atoms with van der Waals surface area (Å²) >= 11 is 1.39. The van der Waals surface area contributed by atoms with E-state index in [1.165, 1.54) is 16.3 Å². The number of rotatable bonds is 6. The lowest BCUT2D eigenvalue weighted by molar-refractivity contribution is 0.560. The van der Waals surface area contributed by atoms with Crippen molar-refractivity contribution in [3.05, 3.63) is 34.4 Å². The van der Waals surface area contributed by atoms with Gasteiger partial charge in [0.25, 0.3) is 0 Å². The average Bonchev–Trinajstić information content (AvgIpc) is 2.77. The van der Waals surface area contributed by atoms with Gasteiger partial charge in [0.05, 0.1) is 0 Å². The molecule has 2 aromatic heterocycles. The number of nitrogens with one attached hydrogen (secondary N) is 2. The van der Waals surface area contributed by atoms with E-state index in [2.05, 4.69) is 34.3 Å². The normalized spacial score (nSPS) is 12.6. The fraction of sp³-hybridized carbons (Fsp3) is 0.462. The summed E-state index contributed by atoms with van der Waals surface area (Å²) in [5.41, 5.74) is 0.892. The van der Waals surface area contributed by atoms with Crippen molar-refractivity contribution >= 4 is 11.8 Å². The van der Waals surface area contributed by atoms with Gasteiger partial charge in [0, 0.05) is 24.8 Å². The van der Waals surface area contributed by atoms with E-state index in [4.69, 9.17) is 0 Å². The molecule has 0 bridgehead atoms. The number of aromatic nitrogens is 4. The third kappa shape index (κ3) is 3.29. The van der Waals surface area contributed by atoms with Crippen LogP contribution in [0.4, 0.5) is 0 Å². The molecule has 1 unspecified atom stereocenters. The molecular formula is C13H19N5OS. The third-order valence-electron chi connectivity index (χ3n) is 2.99. The summed E-state index contributed by atoms with van der Waals surface area (Å²) in [5.74, 6) is 0. The van der Waals surface area contributed by atoms with Crippen molar-refractivity contribution in [3.63, 3.8) is 0 Å². The molecule has 0 saturated carbocycles. The lowest BCUT2D eigenvalue weighted by Gasteiger charge is -2.16. The van der Waals surface area contributed by atoms with E-state index < -0.39 is 0 Å². The quantitative estimate of drug-likeness (QED) is 0.848. The molecule has 0 aliphatic carbocycles. The van der Waals surface area contributed by atoms with Crippen LogP contribution in [-0.4, -0.2) is 26.3 Å². The van der Waals surface area contributed by atoms with Gasteiger partial charge in [-0.25, -0.2) is 14.9 Å². The van der Waals surface area contributed by atoms with Gasteiger partial charge in [-0.2, -0.15) is 0 Å². The second-order valence-electron chi connectivity index (χ2n) is 4.55. The van der Waals surface area contributed by atoms with Gasteiger partial charge in [0.1, 0.15) is 5.03 Å². The number of nitrogens with zero attached hydrogens (tertiary/aromatic N) is 3. The zero-order valence-corrected chi connectivity index (χ0v) is 12.7. The SMILES string of the molecule is CCCNC(C)c1cccnc1Sc1n[nH]c(=O)n1C. The molecule has 2 N–H and O–H groups in total. The predicted molar refractivity (Wildman–Crippen MR) is 78.9 cm³/mol. The highest BCUT2D eigenvalue weighted by Gasteiger charge is 2.14. The maximum atomic E-state index is 11.4. The molecule has 0 spiro atoms.